The summed E-state index contributed by atoms with van der Waals surface area (Å²) in [5.41, 5.74) is 8.46. The van der Waals surface area contributed by atoms with Crippen molar-refractivity contribution < 1.29 is 19.1 Å². The second-order valence-electron chi connectivity index (χ2n) is 10.9. The first-order valence-corrected chi connectivity index (χ1v) is 15.6. The van der Waals surface area contributed by atoms with Crippen LogP contribution in [-0.4, -0.2) is 47.4 Å². The number of benzene rings is 2. The van der Waals surface area contributed by atoms with Crippen molar-refractivity contribution in [3.63, 3.8) is 0 Å². The smallest absolute Gasteiger partial charge is 0.273 e. The van der Waals surface area contributed by atoms with Gasteiger partial charge >= 0.3 is 0 Å². The number of aromatic nitrogens is 1. The van der Waals surface area contributed by atoms with Crippen LogP contribution in [0.25, 0.3) is 0 Å². The Morgan fingerprint density at radius 2 is 1.86 bits per heavy atom. The van der Waals surface area contributed by atoms with Crippen molar-refractivity contribution in [3.8, 4) is 0 Å². The Labute approximate surface area is 254 Å². The summed E-state index contributed by atoms with van der Waals surface area (Å²) in [6.07, 6.45) is 6.83. The quantitative estimate of drug-likeness (QED) is 0.297. The highest BCUT2D eigenvalue weighted by atomic mass is 35.5. The molecule has 3 amide bonds. The van der Waals surface area contributed by atoms with Gasteiger partial charge < -0.3 is 21.1 Å². The van der Waals surface area contributed by atoms with E-state index in [0.717, 1.165) is 62.0 Å². The van der Waals surface area contributed by atoms with E-state index in [2.05, 4.69) is 15.0 Å². The minimum atomic E-state index is -1.06. The molecule has 1 saturated carbocycles. The fourth-order valence-corrected chi connectivity index (χ4v) is 6.43. The van der Waals surface area contributed by atoms with Crippen LogP contribution in [0.15, 0.2) is 48.5 Å². The second-order valence-corrected chi connectivity index (χ2v) is 12.1. The number of carbonyl (C=O) groups excluding carboxylic acids is 3. The maximum Gasteiger partial charge on any atom is 0.273 e. The molecule has 1 saturated heterocycles. The molecule has 1 aromatic heterocycles. The largest absolute Gasteiger partial charge is 0.395 e. The van der Waals surface area contributed by atoms with Gasteiger partial charge in [0.25, 0.3) is 11.8 Å². The zero-order valence-electron chi connectivity index (χ0n) is 23.6. The lowest BCUT2D eigenvalue weighted by molar-refractivity contribution is -0.123. The molecule has 222 valence electrons. The first-order chi connectivity index (χ1) is 20.3. The molecule has 5 rings (SSSR count). The standard InChI is InChI=1S/C31H36ClN5O4S/c1-19-7-5-10-23(17-19)37(27(20-12-14-21(32)15-13-20)30(39)34-18-24-11-6-16-41-24)31(40)28-25(33)26(36-42-28)29(38)35-22-8-3-2-4-9-22/h5,7,10,12-15,17,22,24,27H,2-4,6,8-9,11,16,18,33H2,1H3,(H,34,39)(H,35,38)/t24-,27+/m1/s1. The van der Waals surface area contributed by atoms with E-state index in [1.165, 1.54) is 4.90 Å². The molecule has 0 unspecified atom stereocenters. The van der Waals surface area contributed by atoms with E-state index in [1.807, 2.05) is 25.1 Å². The molecule has 2 aromatic carbocycles. The molecule has 2 heterocycles. The lowest BCUT2D eigenvalue weighted by atomic mass is 9.95. The minimum Gasteiger partial charge on any atom is -0.395 e. The highest BCUT2D eigenvalue weighted by Crippen LogP contribution is 2.34. The molecule has 2 fully saturated rings. The lowest BCUT2D eigenvalue weighted by Gasteiger charge is -2.32. The van der Waals surface area contributed by atoms with Crippen LogP contribution in [0.2, 0.25) is 5.02 Å². The second kappa shape index (κ2) is 13.7. The lowest BCUT2D eigenvalue weighted by Crippen LogP contribution is -2.45. The van der Waals surface area contributed by atoms with Crippen molar-refractivity contribution in [1.82, 2.24) is 15.0 Å². The minimum absolute atomic E-state index is 0.00517. The van der Waals surface area contributed by atoms with Gasteiger partial charge in [-0.05, 0) is 79.5 Å². The summed E-state index contributed by atoms with van der Waals surface area (Å²) in [5, 5.41) is 6.52. The SMILES string of the molecule is Cc1cccc(N(C(=O)c2snc(C(=O)NC3CCCCC3)c2N)[C@H](C(=O)NC[C@H]2CCCO2)c2ccc(Cl)cc2)c1. The molecule has 4 N–H and O–H groups in total. The number of hydrogen-bond acceptors (Lipinski definition) is 7. The third-order valence-electron chi connectivity index (χ3n) is 7.80. The van der Waals surface area contributed by atoms with Crippen LogP contribution in [0.3, 0.4) is 0 Å². The van der Waals surface area contributed by atoms with Gasteiger partial charge in [-0.3, -0.25) is 19.3 Å². The predicted molar refractivity (Wildman–Crippen MR) is 165 cm³/mol. The number of hydrogen-bond donors (Lipinski definition) is 3. The van der Waals surface area contributed by atoms with Crippen LogP contribution in [0, 0.1) is 6.92 Å². The normalized spacial score (nSPS) is 17.9. The molecular formula is C31H36ClN5O4S. The summed E-state index contributed by atoms with van der Waals surface area (Å²) < 4.78 is 10.00. The number of carbonyl (C=O) groups is 3. The number of aryl methyl sites for hydroxylation is 1. The molecular weight excluding hydrogens is 574 g/mol. The van der Waals surface area contributed by atoms with Gasteiger partial charge in [-0.2, -0.15) is 4.37 Å². The van der Waals surface area contributed by atoms with Crippen LogP contribution in [0.5, 0.6) is 0 Å². The Morgan fingerprint density at radius 1 is 1.10 bits per heavy atom. The van der Waals surface area contributed by atoms with E-state index in [1.54, 1.807) is 30.3 Å². The van der Waals surface area contributed by atoms with Gasteiger partial charge in [0.2, 0.25) is 5.91 Å². The Kier molecular flexibility index (Phi) is 9.76. The van der Waals surface area contributed by atoms with Crippen LogP contribution in [-0.2, 0) is 9.53 Å². The van der Waals surface area contributed by atoms with Gasteiger partial charge in [0.15, 0.2) is 5.69 Å². The molecule has 1 aliphatic heterocycles. The third kappa shape index (κ3) is 6.94. The van der Waals surface area contributed by atoms with E-state index >= 15 is 0 Å². The van der Waals surface area contributed by atoms with Crippen molar-refractivity contribution >= 4 is 52.2 Å². The maximum atomic E-state index is 14.4. The first-order valence-electron chi connectivity index (χ1n) is 14.4. The number of nitrogen functional groups attached to an aromatic ring is 1. The fraction of sp³-hybridized carbons (Fsp3) is 0.419. The van der Waals surface area contributed by atoms with E-state index in [-0.39, 0.29) is 40.2 Å². The summed E-state index contributed by atoms with van der Waals surface area (Å²) in [7, 11) is 0. The third-order valence-corrected chi connectivity index (χ3v) is 8.90. The first kappa shape index (κ1) is 30.0. The van der Waals surface area contributed by atoms with Gasteiger partial charge in [0, 0.05) is 29.9 Å². The Bertz CT molecular complexity index is 1420. The van der Waals surface area contributed by atoms with Crippen molar-refractivity contribution in [2.75, 3.05) is 23.8 Å². The molecule has 0 radical (unpaired) electrons. The zero-order valence-corrected chi connectivity index (χ0v) is 25.2. The molecule has 11 heteroatoms. The molecule has 2 atom stereocenters. The zero-order chi connectivity index (χ0) is 29.6. The van der Waals surface area contributed by atoms with Crippen molar-refractivity contribution in [2.24, 2.45) is 0 Å². The topological polar surface area (TPSA) is 127 Å². The van der Waals surface area contributed by atoms with Gasteiger partial charge in [-0.1, -0.05) is 55.1 Å². The van der Waals surface area contributed by atoms with Gasteiger partial charge in [0.05, 0.1) is 11.8 Å². The van der Waals surface area contributed by atoms with Gasteiger partial charge in [-0.15, -0.1) is 0 Å². The maximum absolute atomic E-state index is 14.4. The van der Waals surface area contributed by atoms with Crippen molar-refractivity contribution in [3.05, 3.63) is 75.3 Å². The fourth-order valence-electron chi connectivity index (χ4n) is 5.57. The summed E-state index contributed by atoms with van der Waals surface area (Å²) in [4.78, 5) is 43.0. The molecule has 3 aromatic rings. The van der Waals surface area contributed by atoms with Crippen LogP contribution < -0.4 is 21.3 Å². The van der Waals surface area contributed by atoms with Crippen LogP contribution >= 0.6 is 23.1 Å². The Hall–Kier alpha value is -3.47. The van der Waals surface area contributed by atoms with E-state index in [0.29, 0.717) is 29.4 Å². The average Bonchev–Trinajstić information content (AvgIpc) is 3.65. The van der Waals surface area contributed by atoms with E-state index < -0.39 is 11.9 Å². The van der Waals surface area contributed by atoms with Gasteiger partial charge in [-0.25, -0.2) is 0 Å². The number of rotatable bonds is 9. The molecule has 2 aliphatic rings. The Morgan fingerprint density at radius 3 is 2.55 bits per heavy atom. The highest BCUT2D eigenvalue weighted by molar-refractivity contribution is 7.09. The Balaban J connectivity index is 1.50. The summed E-state index contributed by atoms with van der Waals surface area (Å²) in [6.45, 7) is 2.90. The van der Waals surface area contributed by atoms with Crippen LogP contribution in [0.4, 0.5) is 11.4 Å². The number of halogens is 1. The highest BCUT2D eigenvalue weighted by Gasteiger charge is 2.37. The van der Waals surface area contributed by atoms with Gasteiger partial charge in [0.1, 0.15) is 10.9 Å². The van der Waals surface area contributed by atoms with Crippen LogP contribution in [0.1, 0.15) is 82.3 Å². The monoisotopic (exact) mass is 609 g/mol. The number of amides is 3. The number of ether oxygens (including phenoxy) is 1. The summed E-state index contributed by atoms with van der Waals surface area (Å²) >= 11 is 7.05. The average molecular weight is 610 g/mol. The molecule has 0 spiro atoms. The van der Waals surface area contributed by atoms with E-state index in [4.69, 9.17) is 22.1 Å². The van der Waals surface area contributed by atoms with Crippen molar-refractivity contribution in [2.45, 2.75) is 70.1 Å². The number of nitrogens with one attached hydrogen (secondary N) is 2. The predicted octanol–water partition coefficient (Wildman–Crippen LogP) is 5.43. The molecule has 9 nitrogen and oxygen atoms in total. The molecule has 0 bridgehead atoms. The van der Waals surface area contributed by atoms with E-state index in [9.17, 15) is 14.4 Å². The number of anilines is 2. The summed E-state index contributed by atoms with van der Waals surface area (Å²) in [6, 6.07) is 13.2. The molecule has 42 heavy (non-hydrogen) atoms. The number of nitrogens with zero attached hydrogens (tertiary/aromatic N) is 2. The van der Waals surface area contributed by atoms with Crippen molar-refractivity contribution in [1.29, 1.82) is 0 Å². The number of nitrogens with two attached hydrogens (primary N) is 1. The molecule has 1 aliphatic carbocycles. The summed E-state index contributed by atoms with van der Waals surface area (Å²) in [5.74, 6) is -1.29.